The van der Waals surface area contributed by atoms with E-state index in [0.29, 0.717) is 24.2 Å². The lowest BCUT2D eigenvalue weighted by molar-refractivity contribution is -0.130. The average Bonchev–Trinajstić information content (AvgIpc) is 3.32. The van der Waals surface area contributed by atoms with Crippen LogP contribution in [0.1, 0.15) is 29.9 Å². The summed E-state index contributed by atoms with van der Waals surface area (Å²) in [6.45, 7) is -0.210. The Hall–Kier alpha value is -4.46. The van der Waals surface area contributed by atoms with Gasteiger partial charge in [0, 0.05) is 23.7 Å². The summed E-state index contributed by atoms with van der Waals surface area (Å²) in [4.78, 5) is 53.5. The van der Waals surface area contributed by atoms with Crippen LogP contribution in [0.5, 0.6) is 0 Å². The molecule has 0 aromatic heterocycles. The molecular weight excluding hydrogens is 468 g/mol. The number of hydrogen-bond donors (Lipinski definition) is 3. The van der Waals surface area contributed by atoms with E-state index in [9.17, 15) is 19.2 Å². The van der Waals surface area contributed by atoms with E-state index in [1.54, 1.807) is 12.1 Å². The molecule has 5 rings (SSSR count). The Morgan fingerprint density at radius 1 is 0.892 bits per heavy atom. The second-order valence-corrected chi connectivity index (χ2v) is 9.33. The number of nitrogens with one attached hydrogen (secondary N) is 3. The van der Waals surface area contributed by atoms with Gasteiger partial charge in [0.05, 0.1) is 0 Å². The maximum atomic E-state index is 14.1. The molecule has 188 valence electrons. The molecule has 0 radical (unpaired) electrons. The number of hydrogen-bond acceptors (Lipinski definition) is 4. The molecule has 1 saturated heterocycles. The number of anilines is 2. The van der Waals surface area contributed by atoms with E-state index >= 15 is 0 Å². The minimum Gasteiger partial charge on any atom is -0.344 e. The molecule has 0 saturated carbocycles. The van der Waals surface area contributed by atoms with E-state index < -0.39 is 18.0 Å². The van der Waals surface area contributed by atoms with Gasteiger partial charge in [-0.25, -0.2) is 0 Å². The van der Waals surface area contributed by atoms with E-state index in [-0.39, 0.29) is 36.6 Å². The zero-order valence-electron chi connectivity index (χ0n) is 20.2. The van der Waals surface area contributed by atoms with Gasteiger partial charge in [-0.2, -0.15) is 0 Å². The van der Waals surface area contributed by atoms with E-state index in [1.807, 2.05) is 72.8 Å². The zero-order chi connectivity index (χ0) is 25.8. The summed E-state index contributed by atoms with van der Waals surface area (Å²) in [5, 5.41) is 8.45. The lowest BCUT2D eigenvalue weighted by Gasteiger charge is -2.30. The highest BCUT2D eigenvalue weighted by Crippen LogP contribution is 2.35. The summed E-state index contributed by atoms with van der Waals surface area (Å²) in [7, 11) is 0. The number of fused-ring (bicyclic) bond motifs is 1. The van der Waals surface area contributed by atoms with Crippen LogP contribution in [0.4, 0.5) is 11.4 Å². The predicted molar refractivity (Wildman–Crippen MR) is 140 cm³/mol. The van der Waals surface area contributed by atoms with Gasteiger partial charge in [-0.05, 0) is 42.2 Å². The molecule has 3 atom stereocenters. The van der Waals surface area contributed by atoms with Gasteiger partial charge in [-0.15, -0.1) is 0 Å². The topological polar surface area (TPSA) is 108 Å². The molecule has 1 fully saturated rings. The monoisotopic (exact) mass is 496 g/mol. The molecule has 4 amide bonds. The second-order valence-electron chi connectivity index (χ2n) is 9.33. The fourth-order valence-electron chi connectivity index (χ4n) is 5.03. The van der Waals surface area contributed by atoms with Crippen LogP contribution in [0.15, 0.2) is 84.9 Å². The summed E-state index contributed by atoms with van der Waals surface area (Å²) in [5.41, 5.74) is 3.08. The van der Waals surface area contributed by atoms with Gasteiger partial charge >= 0.3 is 0 Å². The summed E-state index contributed by atoms with van der Waals surface area (Å²) >= 11 is 0. The molecule has 3 aromatic carbocycles. The Kier molecular flexibility index (Phi) is 6.98. The third-order valence-electron chi connectivity index (χ3n) is 6.85. The van der Waals surface area contributed by atoms with Gasteiger partial charge in [0.1, 0.15) is 18.6 Å². The summed E-state index contributed by atoms with van der Waals surface area (Å²) in [6.07, 6.45) is 1.14. The summed E-state index contributed by atoms with van der Waals surface area (Å²) in [5.74, 6) is -1.67. The maximum absolute atomic E-state index is 14.1. The summed E-state index contributed by atoms with van der Waals surface area (Å²) in [6, 6.07) is 24.5. The van der Waals surface area contributed by atoms with Crippen LogP contribution in [0.3, 0.4) is 0 Å². The number of carbonyl (C=O) groups is 4. The van der Waals surface area contributed by atoms with E-state index in [2.05, 4.69) is 16.0 Å². The summed E-state index contributed by atoms with van der Waals surface area (Å²) < 4.78 is 0. The maximum Gasteiger partial charge on any atom is 0.250 e. The standard InChI is InChI=1S/C29H28N4O4/c34-25-16-15-23(31-25)28(36)32-27-22(19-9-3-1-4-10-19)17-20-11-7-8-14-24(20)33(29(27)37)18-26(35)30-21-12-5-2-6-13-21/h1-14,22-23,27H,15-18H2,(H,30,35)(H,31,34)(H,32,36)/t22-,23+,27+/m1/s1. The number of nitrogens with zero attached hydrogens (tertiary/aromatic N) is 1. The van der Waals surface area contributed by atoms with Gasteiger partial charge < -0.3 is 20.9 Å². The smallest absolute Gasteiger partial charge is 0.250 e. The molecule has 0 bridgehead atoms. The minimum absolute atomic E-state index is 0.182. The number of rotatable bonds is 6. The first-order valence-corrected chi connectivity index (χ1v) is 12.4. The van der Waals surface area contributed by atoms with Crippen LogP contribution in [0.25, 0.3) is 0 Å². The van der Waals surface area contributed by atoms with E-state index in [0.717, 1.165) is 11.1 Å². The fourth-order valence-corrected chi connectivity index (χ4v) is 5.03. The average molecular weight is 497 g/mol. The van der Waals surface area contributed by atoms with Crippen molar-refractivity contribution in [3.05, 3.63) is 96.1 Å². The van der Waals surface area contributed by atoms with E-state index in [1.165, 1.54) is 4.90 Å². The van der Waals surface area contributed by atoms with Crippen molar-refractivity contribution >= 4 is 35.0 Å². The first-order valence-electron chi connectivity index (χ1n) is 12.4. The molecule has 2 aliphatic rings. The van der Waals surface area contributed by atoms with Crippen molar-refractivity contribution in [2.75, 3.05) is 16.8 Å². The van der Waals surface area contributed by atoms with Gasteiger partial charge in [-0.1, -0.05) is 66.7 Å². The van der Waals surface area contributed by atoms with Crippen molar-refractivity contribution in [1.82, 2.24) is 10.6 Å². The third kappa shape index (κ3) is 5.38. The Morgan fingerprint density at radius 2 is 1.57 bits per heavy atom. The molecule has 3 aromatic rings. The molecule has 2 aliphatic heterocycles. The molecule has 0 spiro atoms. The van der Waals surface area contributed by atoms with Crippen LogP contribution in [-0.4, -0.2) is 42.3 Å². The largest absolute Gasteiger partial charge is 0.344 e. The highest BCUT2D eigenvalue weighted by atomic mass is 16.2. The number of amides is 4. The van der Waals surface area contributed by atoms with Gasteiger partial charge in [0.25, 0.3) is 5.91 Å². The molecule has 3 N–H and O–H groups in total. The first kappa shape index (κ1) is 24.2. The van der Waals surface area contributed by atoms with Crippen molar-refractivity contribution in [1.29, 1.82) is 0 Å². The molecule has 0 unspecified atom stereocenters. The van der Waals surface area contributed by atoms with Gasteiger partial charge in [0.2, 0.25) is 17.7 Å². The van der Waals surface area contributed by atoms with Crippen molar-refractivity contribution < 1.29 is 19.2 Å². The minimum atomic E-state index is -0.927. The molecule has 0 aliphatic carbocycles. The molecule has 37 heavy (non-hydrogen) atoms. The van der Waals surface area contributed by atoms with Crippen molar-refractivity contribution in [2.24, 2.45) is 0 Å². The zero-order valence-corrected chi connectivity index (χ0v) is 20.2. The predicted octanol–water partition coefficient (Wildman–Crippen LogP) is 2.76. The van der Waals surface area contributed by atoms with Crippen LogP contribution >= 0.6 is 0 Å². The Morgan fingerprint density at radius 3 is 2.27 bits per heavy atom. The van der Waals surface area contributed by atoms with Crippen molar-refractivity contribution in [3.63, 3.8) is 0 Å². The van der Waals surface area contributed by atoms with Crippen molar-refractivity contribution in [3.8, 4) is 0 Å². The number of para-hydroxylation sites is 2. The van der Waals surface area contributed by atoms with Crippen molar-refractivity contribution in [2.45, 2.75) is 37.3 Å². The molecular formula is C29H28N4O4. The fraction of sp³-hybridized carbons (Fsp3) is 0.241. The van der Waals surface area contributed by atoms with E-state index in [4.69, 9.17) is 0 Å². The van der Waals surface area contributed by atoms with Gasteiger partial charge in [0.15, 0.2) is 0 Å². The van der Waals surface area contributed by atoms with Crippen LogP contribution < -0.4 is 20.9 Å². The lowest BCUT2D eigenvalue weighted by atomic mass is 9.86. The van der Waals surface area contributed by atoms with Crippen LogP contribution in [0.2, 0.25) is 0 Å². The molecule has 8 nitrogen and oxygen atoms in total. The first-order chi connectivity index (χ1) is 18.0. The third-order valence-corrected chi connectivity index (χ3v) is 6.85. The Labute approximate surface area is 215 Å². The Balaban J connectivity index is 1.49. The van der Waals surface area contributed by atoms with Crippen LogP contribution in [-0.2, 0) is 25.6 Å². The molecule has 8 heteroatoms. The van der Waals surface area contributed by atoms with Crippen LogP contribution in [0, 0.1) is 0 Å². The normalized spacial score (nSPS) is 21.0. The molecule has 2 heterocycles. The Bertz CT molecular complexity index is 1310. The highest BCUT2D eigenvalue weighted by Gasteiger charge is 2.41. The SMILES string of the molecule is O=C(CN1C(=O)[C@@H](NC(=O)[C@@H]2CCC(=O)N2)[C@@H](c2ccccc2)Cc2ccccc21)Nc1ccccc1. The lowest BCUT2D eigenvalue weighted by Crippen LogP contribution is -2.55. The van der Waals surface area contributed by atoms with Gasteiger partial charge in [-0.3, -0.25) is 19.2 Å². The second kappa shape index (κ2) is 10.7. The quantitative estimate of drug-likeness (QED) is 0.488. The highest BCUT2D eigenvalue weighted by molar-refractivity contribution is 6.07. The number of benzene rings is 3. The number of carbonyl (C=O) groups excluding carboxylic acids is 4.